The second kappa shape index (κ2) is 6.03. The lowest BCUT2D eigenvalue weighted by Crippen LogP contribution is -2.27. The molecule has 0 spiro atoms. The SMILES string of the molecule is CNC1CC(c2ccc(Br)cn2)Oc2cc(OC)ccc21. The zero-order valence-electron chi connectivity index (χ0n) is 12.0. The van der Waals surface area contributed by atoms with Crippen LogP contribution in [0.4, 0.5) is 0 Å². The van der Waals surface area contributed by atoms with Crippen LogP contribution in [0.1, 0.15) is 29.8 Å². The molecule has 0 fully saturated rings. The van der Waals surface area contributed by atoms with Gasteiger partial charge >= 0.3 is 0 Å². The largest absolute Gasteiger partial charge is 0.497 e. The molecule has 110 valence electrons. The summed E-state index contributed by atoms with van der Waals surface area (Å²) in [5.74, 6) is 1.66. The molecule has 21 heavy (non-hydrogen) atoms. The summed E-state index contributed by atoms with van der Waals surface area (Å²) in [7, 11) is 3.63. The van der Waals surface area contributed by atoms with Crippen molar-refractivity contribution < 1.29 is 9.47 Å². The van der Waals surface area contributed by atoms with E-state index in [0.29, 0.717) is 0 Å². The molecule has 0 aliphatic carbocycles. The lowest BCUT2D eigenvalue weighted by molar-refractivity contribution is 0.149. The Morgan fingerprint density at radius 1 is 1.33 bits per heavy atom. The Hall–Kier alpha value is -1.59. The predicted octanol–water partition coefficient (Wildman–Crippen LogP) is 3.64. The molecule has 4 nitrogen and oxygen atoms in total. The molecule has 1 aromatic carbocycles. The number of halogens is 1. The molecule has 1 aliphatic heterocycles. The van der Waals surface area contributed by atoms with Crippen LogP contribution in [-0.2, 0) is 0 Å². The molecule has 1 N–H and O–H groups in total. The van der Waals surface area contributed by atoms with Crippen LogP contribution in [0.25, 0.3) is 0 Å². The van der Waals surface area contributed by atoms with E-state index in [4.69, 9.17) is 9.47 Å². The smallest absolute Gasteiger partial charge is 0.142 e. The number of fused-ring (bicyclic) bond motifs is 1. The van der Waals surface area contributed by atoms with E-state index in [1.165, 1.54) is 0 Å². The fraction of sp³-hybridized carbons (Fsp3) is 0.312. The number of methoxy groups -OCH3 is 1. The fourth-order valence-electron chi connectivity index (χ4n) is 2.61. The van der Waals surface area contributed by atoms with Gasteiger partial charge in [0.2, 0.25) is 0 Å². The molecule has 0 radical (unpaired) electrons. The number of hydrogen-bond acceptors (Lipinski definition) is 4. The molecule has 2 atom stereocenters. The van der Waals surface area contributed by atoms with Crippen molar-refractivity contribution >= 4 is 15.9 Å². The maximum Gasteiger partial charge on any atom is 0.142 e. The normalized spacial score (nSPS) is 20.5. The monoisotopic (exact) mass is 348 g/mol. The Morgan fingerprint density at radius 3 is 2.86 bits per heavy atom. The van der Waals surface area contributed by atoms with Crippen LogP contribution in [0.5, 0.6) is 11.5 Å². The zero-order valence-corrected chi connectivity index (χ0v) is 13.6. The summed E-state index contributed by atoms with van der Waals surface area (Å²) in [6, 6.07) is 10.2. The summed E-state index contributed by atoms with van der Waals surface area (Å²) in [4.78, 5) is 4.46. The predicted molar refractivity (Wildman–Crippen MR) is 84.7 cm³/mol. The van der Waals surface area contributed by atoms with Gasteiger partial charge in [0.05, 0.1) is 12.8 Å². The maximum absolute atomic E-state index is 6.13. The summed E-state index contributed by atoms with van der Waals surface area (Å²) in [6.07, 6.45) is 2.59. The van der Waals surface area contributed by atoms with Gasteiger partial charge in [-0.1, -0.05) is 6.07 Å². The van der Waals surface area contributed by atoms with Crippen LogP contribution in [0.3, 0.4) is 0 Å². The second-order valence-corrected chi connectivity index (χ2v) is 5.90. The summed E-state index contributed by atoms with van der Waals surface area (Å²) in [5, 5.41) is 3.35. The van der Waals surface area contributed by atoms with Crippen molar-refractivity contribution in [1.29, 1.82) is 0 Å². The first-order valence-corrected chi connectivity index (χ1v) is 7.64. The first-order valence-electron chi connectivity index (χ1n) is 6.84. The third kappa shape index (κ3) is 2.89. The lowest BCUT2D eigenvalue weighted by atomic mass is 9.95. The van der Waals surface area contributed by atoms with E-state index >= 15 is 0 Å². The van der Waals surface area contributed by atoms with Gasteiger partial charge in [-0.25, -0.2) is 0 Å². The van der Waals surface area contributed by atoms with E-state index in [-0.39, 0.29) is 12.1 Å². The van der Waals surface area contributed by atoms with Crippen molar-refractivity contribution in [1.82, 2.24) is 10.3 Å². The van der Waals surface area contributed by atoms with Crippen LogP contribution in [0, 0.1) is 0 Å². The Bertz CT molecular complexity index is 631. The van der Waals surface area contributed by atoms with Crippen molar-refractivity contribution in [2.75, 3.05) is 14.2 Å². The highest BCUT2D eigenvalue weighted by atomic mass is 79.9. The Kier molecular flexibility index (Phi) is 4.12. The van der Waals surface area contributed by atoms with Gasteiger partial charge in [-0.15, -0.1) is 0 Å². The average Bonchev–Trinajstić information content (AvgIpc) is 2.53. The Labute approximate surface area is 132 Å². The minimum atomic E-state index is -0.0600. The topological polar surface area (TPSA) is 43.4 Å². The quantitative estimate of drug-likeness (QED) is 0.919. The average molecular weight is 349 g/mol. The van der Waals surface area contributed by atoms with E-state index in [2.05, 4.69) is 32.3 Å². The van der Waals surface area contributed by atoms with Gasteiger partial charge in [-0.05, 0) is 41.2 Å². The van der Waals surface area contributed by atoms with Gasteiger partial charge in [0.15, 0.2) is 0 Å². The van der Waals surface area contributed by atoms with Gasteiger partial charge in [-0.2, -0.15) is 0 Å². The molecule has 0 saturated carbocycles. The number of nitrogens with one attached hydrogen (secondary N) is 1. The van der Waals surface area contributed by atoms with E-state index in [1.54, 1.807) is 13.3 Å². The van der Waals surface area contributed by atoms with Gasteiger partial charge in [0.1, 0.15) is 17.6 Å². The summed E-state index contributed by atoms with van der Waals surface area (Å²) >= 11 is 3.41. The molecule has 0 bridgehead atoms. The van der Waals surface area contributed by atoms with Crippen LogP contribution in [-0.4, -0.2) is 19.1 Å². The van der Waals surface area contributed by atoms with E-state index < -0.39 is 0 Å². The lowest BCUT2D eigenvalue weighted by Gasteiger charge is -2.32. The third-order valence-electron chi connectivity index (χ3n) is 3.74. The van der Waals surface area contributed by atoms with Gasteiger partial charge < -0.3 is 14.8 Å². The maximum atomic E-state index is 6.13. The van der Waals surface area contributed by atoms with Gasteiger partial charge in [0.25, 0.3) is 0 Å². The second-order valence-electron chi connectivity index (χ2n) is 4.99. The molecule has 2 heterocycles. The fourth-order valence-corrected chi connectivity index (χ4v) is 2.84. The van der Waals surface area contributed by atoms with Crippen molar-refractivity contribution in [2.24, 2.45) is 0 Å². The van der Waals surface area contributed by atoms with Crippen LogP contribution in [0.15, 0.2) is 41.0 Å². The van der Waals surface area contributed by atoms with E-state index in [9.17, 15) is 0 Å². The number of ether oxygens (including phenoxy) is 2. The molecule has 5 heteroatoms. The highest BCUT2D eigenvalue weighted by Gasteiger charge is 2.29. The summed E-state index contributed by atoms with van der Waals surface area (Å²) < 4.78 is 12.4. The van der Waals surface area contributed by atoms with Crippen molar-refractivity contribution in [3.63, 3.8) is 0 Å². The Balaban J connectivity index is 1.94. The molecule has 1 aromatic heterocycles. The molecule has 0 amide bonds. The number of aromatic nitrogens is 1. The third-order valence-corrected chi connectivity index (χ3v) is 4.21. The highest BCUT2D eigenvalue weighted by Crippen LogP contribution is 2.41. The number of benzene rings is 1. The molecule has 1 aliphatic rings. The molecule has 0 saturated heterocycles. The number of rotatable bonds is 3. The zero-order chi connectivity index (χ0) is 14.8. The minimum absolute atomic E-state index is 0.0600. The van der Waals surface area contributed by atoms with Crippen molar-refractivity contribution in [3.05, 3.63) is 52.3 Å². The van der Waals surface area contributed by atoms with Crippen LogP contribution >= 0.6 is 15.9 Å². The van der Waals surface area contributed by atoms with E-state index in [0.717, 1.165) is 33.6 Å². The number of hydrogen-bond donors (Lipinski definition) is 1. The van der Waals surface area contributed by atoms with Crippen molar-refractivity contribution in [2.45, 2.75) is 18.6 Å². The van der Waals surface area contributed by atoms with Crippen LogP contribution in [0.2, 0.25) is 0 Å². The molecule has 2 unspecified atom stereocenters. The number of pyridine rings is 1. The van der Waals surface area contributed by atoms with Gasteiger partial charge in [-0.3, -0.25) is 4.98 Å². The van der Waals surface area contributed by atoms with Gasteiger partial charge in [0, 0.05) is 34.8 Å². The van der Waals surface area contributed by atoms with E-state index in [1.807, 2.05) is 31.3 Å². The molecule has 2 aromatic rings. The Morgan fingerprint density at radius 2 is 2.19 bits per heavy atom. The summed E-state index contributed by atoms with van der Waals surface area (Å²) in [5.41, 5.74) is 2.10. The number of nitrogens with zero attached hydrogens (tertiary/aromatic N) is 1. The molecular weight excluding hydrogens is 332 g/mol. The van der Waals surface area contributed by atoms with Crippen LogP contribution < -0.4 is 14.8 Å². The highest BCUT2D eigenvalue weighted by molar-refractivity contribution is 9.10. The summed E-state index contributed by atoms with van der Waals surface area (Å²) in [6.45, 7) is 0. The first-order chi connectivity index (χ1) is 10.2. The standard InChI is InChI=1S/C16H17BrN2O2/c1-18-14-8-16(13-6-3-10(17)9-19-13)21-15-7-11(20-2)4-5-12(14)15/h3-7,9,14,16,18H,8H2,1-2H3. The van der Waals surface area contributed by atoms with Crippen molar-refractivity contribution in [3.8, 4) is 11.5 Å². The minimum Gasteiger partial charge on any atom is -0.497 e. The molecule has 3 rings (SSSR count). The molecular formula is C16H17BrN2O2. The first kappa shape index (κ1) is 14.4.